The van der Waals surface area contributed by atoms with Gasteiger partial charge >= 0.3 is 0 Å². The molecule has 0 atom stereocenters. The van der Waals surface area contributed by atoms with Crippen LogP contribution in [0.1, 0.15) is 0 Å². The molecule has 1 nitrogen and oxygen atoms in total. The Kier molecular flexibility index (Phi) is 6.89. The molecule has 1 heteroatoms. The monoisotopic (exact) mass is 648 g/mol. The van der Waals surface area contributed by atoms with E-state index < -0.39 is 0 Å². The third kappa shape index (κ3) is 5.19. The number of benzene rings is 9. The van der Waals surface area contributed by atoms with Gasteiger partial charge < -0.3 is 4.42 Å². The molecular weight excluding hydrogens is 617 g/mol. The molecule has 51 heavy (non-hydrogen) atoms. The van der Waals surface area contributed by atoms with Crippen LogP contribution in [0.5, 0.6) is 0 Å². The maximum absolute atomic E-state index is 6.54. The molecule has 0 bridgehead atoms. The second kappa shape index (κ2) is 12.0. The van der Waals surface area contributed by atoms with Crippen LogP contribution in [0.3, 0.4) is 0 Å². The van der Waals surface area contributed by atoms with Crippen molar-refractivity contribution >= 4 is 43.5 Å². The van der Waals surface area contributed by atoms with Crippen LogP contribution >= 0.6 is 0 Å². The summed E-state index contributed by atoms with van der Waals surface area (Å²) in [7, 11) is 0. The Balaban J connectivity index is 1.20. The molecule has 238 valence electrons. The molecule has 0 fully saturated rings. The first-order valence-corrected chi connectivity index (χ1v) is 17.5. The standard InChI is InChI=1S/C50H32O/c1-2-11-33(12-3-1)42-31-47(50-46-18-8-9-20-48(46)51-49(50)32-42)43-29-40(28-41(30-43)39-26-23-34-13-4-5-15-38(34)27-39)35-21-24-37(25-22-35)45-19-10-16-36-14-6-7-17-44(36)45/h1-32H. The average Bonchev–Trinajstić information content (AvgIpc) is 3.59. The topological polar surface area (TPSA) is 13.1 Å². The van der Waals surface area contributed by atoms with Crippen molar-refractivity contribution in [2.24, 2.45) is 0 Å². The van der Waals surface area contributed by atoms with Crippen molar-refractivity contribution in [3.8, 4) is 55.6 Å². The van der Waals surface area contributed by atoms with E-state index in [0.29, 0.717) is 0 Å². The van der Waals surface area contributed by atoms with Crippen LogP contribution in [0.2, 0.25) is 0 Å². The molecule has 10 rings (SSSR count). The minimum atomic E-state index is 0.893. The third-order valence-corrected chi connectivity index (χ3v) is 10.2. The second-order valence-electron chi connectivity index (χ2n) is 13.3. The summed E-state index contributed by atoms with van der Waals surface area (Å²) in [5, 5.41) is 7.25. The van der Waals surface area contributed by atoms with E-state index in [4.69, 9.17) is 4.42 Å². The van der Waals surface area contributed by atoms with Crippen molar-refractivity contribution in [1.29, 1.82) is 0 Å². The Labute approximate surface area is 296 Å². The van der Waals surface area contributed by atoms with Crippen LogP contribution in [0.15, 0.2) is 199 Å². The molecule has 0 amide bonds. The van der Waals surface area contributed by atoms with Gasteiger partial charge in [-0.2, -0.15) is 0 Å². The van der Waals surface area contributed by atoms with E-state index in [1.165, 1.54) is 54.9 Å². The summed E-state index contributed by atoms with van der Waals surface area (Å²) in [6.07, 6.45) is 0. The number of para-hydroxylation sites is 1. The quantitative estimate of drug-likeness (QED) is 0.181. The highest BCUT2D eigenvalue weighted by Crippen LogP contribution is 2.43. The molecule has 9 aromatic carbocycles. The molecule has 0 unspecified atom stereocenters. The molecule has 0 aliphatic rings. The highest BCUT2D eigenvalue weighted by molar-refractivity contribution is 6.14. The van der Waals surface area contributed by atoms with Gasteiger partial charge in [-0.25, -0.2) is 0 Å². The zero-order valence-corrected chi connectivity index (χ0v) is 27.9. The van der Waals surface area contributed by atoms with Crippen LogP contribution < -0.4 is 0 Å². The third-order valence-electron chi connectivity index (χ3n) is 10.2. The molecule has 0 spiro atoms. The lowest BCUT2D eigenvalue weighted by molar-refractivity contribution is 0.669. The van der Waals surface area contributed by atoms with Crippen LogP contribution in [-0.4, -0.2) is 0 Å². The normalized spacial score (nSPS) is 11.5. The van der Waals surface area contributed by atoms with E-state index in [0.717, 1.165) is 44.2 Å². The zero-order chi connectivity index (χ0) is 33.7. The van der Waals surface area contributed by atoms with Gasteiger partial charge in [0.2, 0.25) is 0 Å². The van der Waals surface area contributed by atoms with Crippen LogP contribution in [-0.2, 0) is 0 Å². The van der Waals surface area contributed by atoms with Crippen LogP contribution in [0.4, 0.5) is 0 Å². The summed E-state index contributed by atoms with van der Waals surface area (Å²) in [6, 6.07) is 70.1. The van der Waals surface area contributed by atoms with E-state index in [9.17, 15) is 0 Å². The summed E-state index contributed by atoms with van der Waals surface area (Å²) in [5.41, 5.74) is 13.6. The van der Waals surface area contributed by atoms with Gasteiger partial charge in [0.1, 0.15) is 11.2 Å². The molecular formula is C50H32O. The Morgan fingerprint density at radius 1 is 0.255 bits per heavy atom. The first-order chi connectivity index (χ1) is 25.2. The van der Waals surface area contributed by atoms with Gasteiger partial charge in [-0.15, -0.1) is 0 Å². The molecule has 0 aliphatic heterocycles. The fourth-order valence-electron chi connectivity index (χ4n) is 7.68. The van der Waals surface area contributed by atoms with Crippen molar-refractivity contribution in [1.82, 2.24) is 0 Å². The maximum atomic E-state index is 6.54. The lowest BCUT2D eigenvalue weighted by Crippen LogP contribution is -1.89. The molecule has 0 N–H and O–H groups in total. The molecule has 10 aromatic rings. The Bertz CT molecular complexity index is 2890. The smallest absolute Gasteiger partial charge is 0.136 e. The molecule has 1 heterocycles. The number of hydrogen-bond acceptors (Lipinski definition) is 1. The summed E-state index contributed by atoms with van der Waals surface area (Å²) in [5.74, 6) is 0. The zero-order valence-electron chi connectivity index (χ0n) is 27.9. The first kappa shape index (κ1) is 29.2. The van der Waals surface area contributed by atoms with E-state index in [1.54, 1.807) is 0 Å². The largest absolute Gasteiger partial charge is 0.456 e. The van der Waals surface area contributed by atoms with Crippen molar-refractivity contribution in [3.05, 3.63) is 194 Å². The highest BCUT2D eigenvalue weighted by Gasteiger charge is 2.17. The van der Waals surface area contributed by atoms with E-state index in [-0.39, 0.29) is 0 Å². The summed E-state index contributed by atoms with van der Waals surface area (Å²) in [6.45, 7) is 0. The van der Waals surface area contributed by atoms with E-state index in [2.05, 4.69) is 188 Å². The van der Waals surface area contributed by atoms with Gasteiger partial charge in [-0.1, -0.05) is 152 Å². The Morgan fingerprint density at radius 3 is 1.69 bits per heavy atom. The van der Waals surface area contributed by atoms with Gasteiger partial charge in [0.05, 0.1) is 0 Å². The van der Waals surface area contributed by atoms with Gasteiger partial charge in [0.15, 0.2) is 0 Å². The van der Waals surface area contributed by atoms with Crippen molar-refractivity contribution in [2.75, 3.05) is 0 Å². The predicted molar refractivity (Wildman–Crippen MR) is 216 cm³/mol. The lowest BCUT2D eigenvalue weighted by Gasteiger charge is -2.15. The fourth-order valence-corrected chi connectivity index (χ4v) is 7.68. The Morgan fingerprint density at radius 2 is 0.843 bits per heavy atom. The highest BCUT2D eigenvalue weighted by atomic mass is 16.3. The summed E-state index contributed by atoms with van der Waals surface area (Å²) < 4.78 is 6.54. The molecule has 0 saturated carbocycles. The van der Waals surface area contributed by atoms with Crippen molar-refractivity contribution in [3.63, 3.8) is 0 Å². The minimum Gasteiger partial charge on any atom is -0.456 e. The van der Waals surface area contributed by atoms with Crippen LogP contribution in [0.25, 0.3) is 99.1 Å². The van der Waals surface area contributed by atoms with Crippen LogP contribution in [0, 0.1) is 0 Å². The second-order valence-corrected chi connectivity index (χ2v) is 13.3. The Hall–Kier alpha value is -6.70. The number of furan rings is 1. The van der Waals surface area contributed by atoms with E-state index >= 15 is 0 Å². The molecule has 0 saturated heterocycles. The summed E-state index contributed by atoms with van der Waals surface area (Å²) >= 11 is 0. The minimum absolute atomic E-state index is 0.893. The van der Waals surface area contributed by atoms with Crippen molar-refractivity contribution < 1.29 is 4.42 Å². The van der Waals surface area contributed by atoms with Gasteiger partial charge in [0.25, 0.3) is 0 Å². The maximum Gasteiger partial charge on any atom is 0.136 e. The van der Waals surface area contributed by atoms with Crippen molar-refractivity contribution in [2.45, 2.75) is 0 Å². The van der Waals surface area contributed by atoms with Gasteiger partial charge in [0, 0.05) is 10.8 Å². The fraction of sp³-hybridized carbons (Fsp3) is 0. The first-order valence-electron chi connectivity index (χ1n) is 17.5. The molecule has 0 aliphatic carbocycles. The SMILES string of the molecule is c1ccc(-c2cc(-c3cc(-c4ccc(-c5cccc6ccccc56)cc4)cc(-c4ccc5ccccc5c4)c3)c3c(c2)oc2ccccc23)cc1. The molecule has 1 aromatic heterocycles. The average molecular weight is 649 g/mol. The number of rotatable bonds is 5. The van der Waals surface area contributed by atoms with Gasteiger partial charge in [-0.05, 0) is 120 Å². The van der Waals surface area contributed by atoms with Gasteiger partial charge in [-0.3, -0.25) is 0 Å². The summed E-state index contributed by atoms with van der Waals surface area (Å²) in [4.78, 5) is 0. The molecule has 0 radical (unpaired) electrons. The number of fused-ring (bicyclic) bond motifs is 5. The van der Waals surface area contributed by atoms with E-state index in [1.807, 2.05) is 6.07 Å². The lowest BCUT2D eigenvalue weighted by atomic mass is 9.89. The predicted octanol–water partition coefficient (Wildman–Crippen LogP) is 14.2. The number of hydrogen-bond donors (Lipinski definition) is 0.